The minimum absolute atomic E-state index is 0.0333. The maximum atomic E-state index is 12.6. The number of hydrogen-bond donors (Lipinski definition) is 2. The monoisotopic (exact) mass is 390 g/mol. The van der Waals surface area contributed by atoms with Crippen molar-refractivity contribution in [2.24, 2.45) is 5.73 Å². The standard InChI is InChI=1S/C20H30N4O4/c1-14(15-8-6-5-7-9-15)24-13-16(12-17(24)25)22-18(26)23(11-10-21)19(27)28-20(2,3)4/h5-9,14,16H,10-13,21H2,1-4H3,(H,22,26). The van der Waals surface area contributed by atoms with Gasteiger partial charge in [-0.25, -0.2) is 14.5 Å². The molecule has 8 heteroatoms. The van der Waals surface area contributed by atoms with Gasteiger partial charge in [-0.15, -0.1) is 0 Å². The van der Waals surface area contributed by atoms with Crippen molar-refractivity contribution < 1.29 is 19.1 Å². The molecule has 0 radical (unpaired) electrons. The van der Waals surface area contributed by atoms with E-state index in [0.717, 1.165) is 10.5 Å². The van der Waals surface area contributed by atoms with Crippen molar-refractivity contribution in [3.8, 4) is 0 Å². The Morgan fingerprint density at radius 1 is 1.32 bits per heavy atom. The lowest BCUT2D eigenvalue weighted by atomic mass is 10.1. The lowest BCUT2D eigenvalue weighted by molar-refractivity contribution is -0.129. The number of carbonyl (C=O) groups excluding carboxylic acids is 3. The minimum Gasteiger partial charge on any atom is -0.443 e. The summed E-state index contributed by atoms with van der Waals surface area (Å²) < 4.78 is 5.27. The summed E-state index contributed by atoms with van der Waals surface area (Å²) in [6, 6.07) is 8.63. The number of nitrogens with zero attached hydrogens (tertiary/aromatic N) is 2. The number of nitrogens with one attached hydrogen (secondary N) is 1. The second-order valence-electron chi connectivity index (χ2n) is 7.90. The first-order chi connectivity index (χ1) is 13.1. The van der Waals surface area contributed by atoms with Gasteiger partial charge in [-0.3, -0.25) is 4.79 Å². The van der Waals surface area contributed by atoms with Crippen molar-refractivity contribution in [2.45, 2.75) is 51.8 Å². The predicted octanol–water partition coefficient (Wildman–Crippen LogP) is 2.25. The number of carbonyl (C=O) groups is 3. The number of ether oxygens (including phenoxy) is 1. The normalized spacial score (nSPS) is 18.0. The van der Waals surface area contributed by atoms with Gasteiger partial charge in [-0.2, -0.15) is 0 Å². The van der Waals surface area contributed by atoms with Crippen molar-refractivity contribution in [3.05, 3.63) is 35.9 Å². The molecule has 1 aromatic rings. The second-order valence-corrected chi connectivity index (χ2v) is 7.90. The number of hydrogen-bond acceptors (Lipinski definition) is 5. The highest BCUT2D eigenvalue weighted by atomic mass is 16.6. The molecule has 3 N–H and O–H groups in total. The second kappa shape index (κ2) is 9.05. The van der Waals surface area contributed by atoms with Gasteiger partial charge in [0.05, 0.1) is 12.1 Å². The third kappa shape index (κ3) is 5.69. The van der Waals surface area contributed by atoms with E-state index in [9.17, 15) is 14.4 Å². The van der Waals surface area contributed by atoms with E-state index in [1.54, 1.807) is 25.7 Å². The van der Waals surface area contributed by atoms with E-state index in [1.807, 2.05) is 37.3 Å². The first-order valence-electron chi connectivity index (χ1n) is 9.48. The molecular formula is C20H30N4O4. The SMILES string of the molecule is CC(c1ccccc1)N1CC(NC(=O)N(CCN)C(=O)OC(C)(C)C)CC1=O. The van der Waals surface area contributed by atoms with Crippen LogP contribution in [-0.4, -0.2) is 59.1 Å². The molecule has 2 unspecified atom stereocenters. The van der Waals surface area contributed by atoms with E-state index in [-0.39, 0.29) is 37.5 Å². The van der Waals surface area contributed by atoms with Gasteiger partial charge in [-0.05, 0) is 33.3 Å². The van der Waals surface area contributed by atoms with E-state index in [4.69, 9.17) is 10.5 Å². The highest BCUT2D eigenvalue weighted by molar-refractivity contribution is 5.92. The van der Waals surface area contributed by atoms with Crippen LogP contribution in [0.2, 0.25) is 0 Å². The molecule has 4 amide bonds. The summed E-state index contributed by atoms with van der Waals surface area (Å²) in [6.45, 7) is 7.66. The summed E-state index contributed by atoms with van der Waals surface area (Å²) in [5.74, 6) is -0.0377. The molecule has 1 fully saturated rings. The number of amides is 4. The topological polar surface area (TPSA) is 105 Å². The summed E-state index contributed by atoms with van der Waals surface area (Å²) in [7, 11) is 0. The summed E-state index contributed by atoms with van der Waals surface area (Å²) in [5.41, 5.74) is 5.84. The summed E-state index contributed by atoms with van der Waals surface area (Å²) >= 11 is 0. The Bertz CT molecular complexity index is 702. The number of rotatable bonds is 5. The van der Waals surface area contributed by atoms with Crippen LogP contribution in [0.4, 0.5) is 9.59 Å². The van der Waals surface area contributed by atoms with E-state index in [2.05, 4.69) is 5.32 Å². The van der Waals surface area contributed by atoms with Gasteiger partial charge in [-0.1, -0.05) is 30.3 Å². The van der Waals surface area contributed by atoms with Crippen LogP contribution in [-0.2, 0) is 9.53 Å². The Labute approximate surface area is 166 Å². The number of nitrogens with two attached hydrogens (primary N) is 1. The largest absolute Gasteiger partial charge is 0.443 e. The summed E-state index contributed by atoms with van der Waals surface area (Å²) in [6.07, 6.45) is -0.567. The van der Waals surface area contributed by atoms with Crippen molar-refractivity contribution in [1.82, 2.24) is 15.1 Å². The van der Waals surface area contributed by atoms with Gasteiger partial charge in [0.15, 0.2) is 0 Å². The minimum atomic E-state index is -0.755. The maximum absolute atomic E-state index is 12.6. The van der Waals surface area contributed by atoms with Crippen molar-refractivity contribution in [3.63, 3.8) is 0 Å². The van der Waals surface area contributed by atoms with Gasteiger partial charge in [0.25, 0.3) is 0 Å². The van der Waals surface area contributed by atoms with Crippen LogP contribution in [0, 0.1) is 0 Å². The van der Waals surface area contributed by atoms with Crippen molar-refractivity contribution in [2.75, 3.05) is 19.6 Å². The molecule has 154 valence electrons. The average Bonchev–Trinajstić information content (AvgIpc) is 2.98. The van der Waals surface area contributed by atoms with Crippen LogP contribution in [0.15, 0.2) is 30.3 Å². The summed E-state index contributed by atoms with van der Waals surface area (Å²) in [4.78, 5) is 40.0. The Hall–Kier alpha value is -2.61. The van der Waals surface area contributed by atoms with Crippen LogP contribution < -0.4 is 11.1 Å². The Morgan fingerprint density at radius 2 is 1.96 bits per heavy atom. The molecule has 8 nitrogen and oxygen atoms in total. The van der Waals surface area contributed by atoms with Gasteiger partial charge in [0.2, 0.25) is 5.91 Å². The first kappa shape index (κ1) is 21.7. The molecule has 0 aromatic heterocycles. The fourth-order valence-corrected chi connectivity index (χ4v) is 3.09. The van der Waals surface area contributed by atoms with E-state index in [0.29, 0.717) is 6.54 Å². The fraction of sp³-hybridized carbons (Fsp3) is 0.550. The van der Waals surface area contributed by atoms with Crippen LogP contribution >= 0.6 is 0 Å². The van der Waals surface area contributed by atoms with Crippen LogP contribution in [0.5, 0.6) is 0 Å². The van der Waals surface area contributed by atoms with Gasteiger partial charge < -0.3 is 20.7 Å². The quantitative estimate of drug-likeness (QED) is 0.802. The highest BCUT2D eigenvalue weighted by Crippen LogP contribution is 2.25. The lowest BCUT2D eigenvalue weighted by Crippen LogP contribution is -2.51. The van der Waals surface area contributed by atoms with E-state index >= 15 is 0 Å². The number of urea groups is 1. The molecule has 1 aliphatic heterocycles. The lowest BCUT2D eigenvalue weighted by Gasteiger charge is -2.27. The number of benzene rings is 1. The average molecular weight is 390 g/mol. The zero-order valence-corrected chi connectivity index (χ0v) is 17.0. The Morgan fingerprint density at radius 3 is 2.54 bits per heavy atom. The third-order valence-electron chi connectivity index (χ3n) is 4.45. The van der Waals surface area contributed by atoms with Gasteiger partial charge in [0, 0.05) is 26.1 Å². The molecule has 1 heterocycles. The number of likely N-dealkylation sites (tertiary alicyclic amines) is 1. The fourth-order valence-electron chi connectivity index (χ4n) is 3.09. The highest BCUT2D eigenvalue weighted by Gasteiger charge is 2.36. The van der Waals surface area contributed by atoms with E-state index in [1.165, 1.54) is 0 Å². The van der Waals surface area contributed by atoms with Gasteiger partial charge >= 0.3 is 12.1 Å². The van der Waals surface area contributed by atoms with Crippen molar-refractivity contribution in [1.29, 1.82) is 0 Å². The number of imide groups is 1. The Balaban J connectivity index is 2.01. The molecule has 1 aromatic carbocycles. The molecule has 1 aliphatic rings. The van der Waals surface area contributed by atoms with Crippen LogP contribution in [0.25, 0.3) is 0 Å². The first-order valence-corrected chi connectivity index (χ1v) is 9.48. The van der Waals surface area contributed by atoms with Crippen molar-refractivity contribution >= 4 is 18.0 Å². The van der Waals surface area contributed by atoms with Crippen LogP contribution in [0.3, 0.4) is 0 Å². The Kier molecular flexibility index (Phi) is 7.01. The van der Waals surface area contributed by atoms with E-state index < -0.39 is 17.7 Å². The molecule has 1 saturated heterocycles. The van der Waals surface area contributed by atoms with Crippen LogP contribution in [0.1, 0.15) is 45.7 Å². The molecular weight excluding hydrogens is 360 g/mol. The molecule has 2 rings (SSSR count). The zero-order chi connectivity index (χ0) is 20.9. The smallest absolute Gasteiger partial charge is 0.418 e. The maximum Gasteiger partial charge on any atom is 0.418 e. The molecule has 0 spiro atoms. The molecule has 0 bridgehead atoms. The third-order valence-corrected chi connectivity index (χ3v) is 4.45. The molecule has 0 aliphatic carbocycles. The van der Waals surface area contributed by atoms with Gasteiger partial charge in [0.1, 0.15) is 5.60 Å². The summed E-state index contributed by atoms with van der Waals surface area (Å²) in [5, 5.41) is 2.77. The molecule has 0 saturated carbocycles. The zero-order valence-electron chi connectivity index (χ0n) is 17.0. The molecule has 2 atom stereocenters. The predicted molar refractivity (Wildman–Crippen MR) is 106 cm³/mol. The molecule has 28 heavy (non-hydrogen) atoms.